The Morgan fingerprint density at radius 3 is 2.00 bits per heavy atom. The fraction of sp³-hybridized carbons (Fsp3) is 0.625. The second-order valence-electron chi connectivity index (χ2n) is 3.46. The van der Waals surface area contributed by atoms with E-state index < -0.39 is 0 Å². The minimum Gasteiger partial charge on any atom is -0.401 e. The summed E-state index contributed by atoms with van der Waals surface area (Å²) in [4.78, 5) is 0. The molecule has 0 saturated carbocycles. The van der Waals surface area contributed by atoms with Gasteiger partial charge in [-0.05, 0) is 0 Å². The molecule has 0 bridgehead atoms. The molecule has 0 heterocycles. The maximum absolute atomic E-state index is 8.59. The summed E-state index contributed by atoms with van der Waals surface area (Å²) >= 11 is 0. The van der Waals surface area contributed by atoms with E-state index in [9.17, 15) is 0 Å². The second kappa shape index (κ2) is 3.40. The molecule has 62 valence electrons. The number of rotatable bonds is 1. The molecule has 4 N–H and O–H groups in total. The summed E-state index contributed by atoms with van der Waals surface area (Å²) in [6, 6.07) is 1.99. The number of nitrogens with two attached hydrogens (primary N) is 2. The molecule has 0 aliphatic carbocycles. The Morgan fingerprint density at radius 1 is 1.45 bits per heavy atom. The molecule has 0 saturated heterocycles. The van der Waals surface area contributed by atoms with Gasteiger partial charge >= 0.3 is 0 Å². The third kappa shape index (κ3) is 2.60. The lowest BCUT2D eigenvalue weighted by molar-refractivity contribution is 0.493. The largest absolute Gasteiger partial charge is 0.401 e. The van der Waals surface area contributed by atoms with Gasteiger partial charge in [0.1, 0.15) is 0 Å². The van der Waals surface area contributed by atoms with Crippen LogP contribution in [0.2, 0.25) is 0 Å². The van der Waals surface area contributed by atoms with Gasteiger partial charge in [0.05, 0.1) is 11.6 Å². The van der Waals surface area contributed by atoms with Gasteiger partial charge in [0.2, 0.25) is 0 Å². The molecule has 0 aromatic heterocycles. The minimum atomic E-state index is -0.162. The van der Waals surface area contributed by atoms with Crippen molar-refractivity contribution in [2.45, 2.75) is 20.8 Å². The molecule has 3 nitrogen and oxygen atoms in total. The molecule has 0 fully saturated rings. The molecule has 11 heavy (non-hydrogen) atoms. The van der Waals surface area contributed by atoms with Crippen LogP contribution in [-0.4, -0.2) is 6.54 Å². The van der Waals surface area contributed by atoms with Crippen molar-refractivity contribution in [3.05, 3.63) is 11.3 Å². The highest BCUT2D eigenvalue weighted by Gasteiger charge is 2.17. The van der Waals surface area contributed by atoms with E-state index in [-0.39, 0.29) is 12.0 Å². The van der Waals surface area contributed by atoms with Crippen molar-refractivity contribution in [2.24, 2.45) is 16.9 Å². The summed E-state index contributed by atoms with van der Waals surface area (Å²) in [6.07, 6.45) is 0. The Morgan fingerprint density at radius 2 is 1.91 bits per heavy atom. The number of nitriles is 1. The van der Waals surface area contributed by atoms with Gasteiger partial charge in [-0.1, -0.05) is 20.8 Å². The van der Waals surface area contributed by atoms with Gasteiger partial charge in [0.25, 0.3) is 0 Å². The number of nitrogens with zero attached hydrogens (tertiary/aromatic N) is 1. The summed E-state index contributed by atoms with van der Waals surface area (Å²) in [7, 11) is 0. The number of hydrogen-bond donors (Lipinski definition) is 2. The van der Waals surface area contributed by atoms with Crippen molar-refractivity contribution < 1.29 is 0 Å². The Bertz CT molecular complexity index is 202. The average molecular weight is 153 g/mol. The molecular formula is C8H15N3. The van der Waals surface area contributed by atoms with Gasteiger partial charge < -0.3 is 11.5 Å². The maximum Gasteiger partial charge on any atom is 0.0979 e. The van der Waals surface area contributed by atoms with Crippen LogP contribution in [0.25, 0.3) is 0 Å². The summed E-state index contributed by atoms with van der Waals surface area (Å²) < 4.78 is 0. The van der Waals surface area contributed by atoms with Crippen LogP contribution in [-0.2, 0) is 0 Å². The van der Waals surface area contributed by atoms with Crippen molar-refractivity contribution in [1.29, 1.82) is 5.26 Å². The molecule has 3 heteroatoms. The molecule has 0 aromatic carbocycles. The first-order valence-corrected chi connectivity index (χ1v) is 3.52. The first kappa shape index (κ1) is 9.99. The molecule has 0 atom stereocenters. The van der Waals surface area contributed by atoms with Gasteiger partial charge in [-0.3, -0.25) is 0 Å². The van der Waals surface area contributed by atoms with E-state index in [4.69, 9.17) is 16.7 Å². The quantitative estimate of drug-likeness (QED) is 0.545. The van der Waals surface area contributed by atoms with Crippen molar-refractivity contribution >= 4 is 0 Å². The zero-order valence-corrected chi connectivity index (χ0v) is 7.31. The van der Waals surface area contributed by atoms with E-state index in [2.05, 4.69) is 0 Å². The summed E-state index contributed by atoms with van der Waals surface area (Å²) in [5, 5.41) is 8.59. The number of hydrogen-bond acceptors (Lipinski definition) is 3. The molecule has 0 spiro atoms. The van der Waals surface area contributed by atoms with Crippen LogP contribution in [0.3, 0.4) is 0 Å². The molecular weight excluding hydrogens is 138 g/mol. The maximum atomic E-state index is 8.59. The highest BCUT2D eigenvalue weighted by atomic mass is 14.7. The van der Waals surface area contributed by atoms with Crippen molar-refractivity contribution in [2.75, 3.05) is 6.54 Å². The normalized spacial score (nSPS) is 13.7. The third-order valence-electron chi connectivity index (χ3n) is 1.47. The van der Waals surface area contributed by atoms with E-state index in [1.54, 1.807) is 0 Å². The van der Waals surface area contributed by atoms with Crippen LogP contribution in [0.1, 0.15) is 20.8 Å². The second-order valence-corrected chi connectivity index (χ2v) is 3.46. The Labute approximate surface area is 67.7 Å². The fourth-order valence-electron chi connectivity index (χ4n) is 0.668. The Balaban J connectivity index is 4.81. The number of allylic oxidation sites excluding steroid dienone is 1. The van der Waals surface area contributed by atoms with Crippen LogP contribution in [0.5, 0.6) is 0 Å². The van der Waals surface area contributed by atoms with Gasteiger partial charge in [-0.25, -0.2) is 0 Å². The van der Waals surface area contributed by atoms with E-state index in [0.29, 0.717) is 11.3 Å². The SMILES string of the molecule is CC(C)(C)/C(N)=C(/C#N)CN. The van der Waals surface area contributed by atoms with Crippen molar-refractivity contribution in [3.8, 4) is 6.07 Å². The Kier molecular flexibility index (Phi) is 3.09. The first-order chi connectivity index (χ1) is 4.93. The lowest BCUT2D eigenvalue weighted by Gasteiger charge is -2.20. The van der Waals surface area contributed by atoms with E-state index in [1.807, 2.05) is 26.8 Å². The highest BCUT2D eigenvalue weighted by molar-refractivity contribution is 5.30. The summed E-state index contributed by atoms with van der Waals surface area (Å²) in [6.45, 7) is 6.08. The molecule has 0 aliphatic rings. The zero-order valence-electron chi connectivity index (χ0n) is 7.31. The van der Waals surface area contributed by atoms with E-state index in [0.717, 1.165) is 0 Å². The summed E-state index contributed by atoms with van der Waals surface area (Å²) in [5.41, 5.74) is 11.9. The standard InChI is InChI=1S/C8H15N3/c1-8(2,3)7(11)6(4-9)5-10/h4,9,11H2,1-3H3/b7-6-. The van der Waals surface area contributed by atoms with Crippen LogP contribution in [0.4, 0.5) is 0 Å². The van der Waals surface area contributed by atoms with Gasteiger partial charge in [-0.15, -0.1) is 0 Å². The topological polar surface area (TPSA) is 75.8 Å². The Hall–Kier alpha value is -1.01. The molecule has 0 amide bonds. The molecule has 0 radical (unpaired) electrons. The van der Waals surface area contributed by atoms with Gasteiger partial charge in [0.15, 0.2) is 0 Å². The molecule has 0 rings (SSSR count). The third-order valence-corrected chi connectivity index (χ3v) is 1.47. The van der Waals surface area contributed by atoms with E-state index in [1.165, 1.54) is 0 Å². The van der Waals surface area contributed by atoms with E-state index >= 15 is 0 Å². The average Bonchev–Trinajstić information content (AvgIpc) is 1.88. The monoisotopic (exact) mass is 153 g/mol. The predicted molar refractivity (Wildman–Crippen MR) is 45.3 cm³/mol. The van der Waals surface area contributed by atoms with Crippen LogP contribution >= 0.6 is 0 Å². The smallest absolute Gasteiger partial charge is 0.0979 e. The van der Waals surface area contributed by atoms with Crippen molar-refractivity contribution in [1.82, 2.24) is 0 Å². The molecule has 0 unspecified atom stereocenters. The molecule has 0 aliphatic heterocycles. The lowest BCUT2D eigenvalue weighted by Crippen LogP contribution is -2.22. The van der Waals surface area contributed by atoms with Crippen molar-refractivity contribution in [3.63, 3.8) is 0 Å². The lowest BCUT2D eigenvalue weighted by atomic mass is 9.89. The highest BCUT2D eigenvalue weighted by Crippen LogP contribution is 2.22. The predicted octanol–water partition coefficient (Wildman–Crippen LogP) is 0.728. The zero-order chi connectivity index (χ0) is 9.07. The van der Waals surface area contributed by atoms with Crippen LogP contribution < -0.4 is 11.5 Å². The van der Waals surface area contributed by atoms with Crippen LogP contribution in [0, 0.1) is 16.7 Å². The molecule has 0 aromatic rings. The van der Waals surface area contributed by atoms with Crippen LogP contribution in [0.15, 0.2) is 11.3 Å². The first-order valence-electron chi connectivity index (χ1n) is 3.52. The van der Waals surface area contributed by atoms with Gasteiger partial charge in [-0.2, -0.15) is 5.26 Å². The fourth-order valence-corrected chi connectivity index (χ4v) is 0.668. The minimum absolute atomic E-state index is 0.162. The van der Waals surface area contributed by atoms with Gasteiger partial charge in [0, 0.05) is 17.7 Å². The summed E-state index contributed by atoms with van der Waals surface area (Å²) in [5.74, 6) is 0.